The molecular weight excluding hydrogens is 354 g/mol. The summed E-state index contributed by atoms with van der Waals surface area (Å²) in [5, 5.41) is 5.60. The van der Waals surface area contributed by atoms with Gasteiger partial charge < -0.3 is 9.64 Å². The number of carbonyl (C=O) groups is 1. The lowest BCUT2D eigenvalue weighted by Crippen LogP contribution is -2.33. The second-order valence-electron chi connectivity index (χ2n) is 6.51. The third kappa shape index (κ3) is 4.11. The van der Waals surface area contributed by atoms with Gasteiger partial charge in [-0.05, 0) is 23.8 Å². The maximum absolute atomic E-state index is 13.0. The van der Waals surface area contributed by atoms with Gasteiger partial charge in [0.15, 0.2) is 0 Å². The molecule has 0 saturated heterocycles. The van der Waals surface area contributed by atoms with Crippen LogP contribution in [-0.2, 0) is 24.8 Å². The van der Waals surface area contributed by atoms with Crippen molar-refractivity contribution < 1.29 is 9.53 Å². The van der Waals surface area contributed by atoms with Gasteiger partial charge in [-0.2, -0.15) is 5.10 Å². The van der Waals surface area contributed by atoms with E-state index in [-0.39, 0.29) is 17.9 Å². The highest BCUT2D eigenvalue weighted by Gasteiger charge is 2.17. The summed E-state index contributed by atoms with van der Waals surface area (Å²) in [6, 6.07) is 14.8. The van der Waals surface area contributed by atoms with Crippen molar-refractivity contribution in [3.05, 3.63) is 82.8 Å². The Balaban J connectivity index is 1.86. The van der Waals surface area contributed by atoms with Crippen LogP contribution in [0.3, 0.4) is 0 Å². The molecule has 1 aromatic heterocycles. The smallest absolute Gasteiger partial charge is 0.274 e. The summed E-state index contributed by atoms with van der Waals surface area (Å²) in [6.07, 6.45) is 1.81. The van der Waals surface area contributed by atoms with Crippen LogP contribution in [-0.4, -0.2) is 34.2 Å². The van der Waals surface area contributed by atoms with Gasteiger partial charge in [-0.3, -0.25) is 9.59 Å². The van der Waals surface area contributed by atoms with E-state index in [1.165, 1.54) is 4.68 Å². The van der Waals surface area contributed by atoms with E-state index < -0.39 is 0 Å². The van der Waals surface area contributed by atoms with E-state index >= 15 is 0 Å². The molecule has 1 amide bonds. The first kappa shape index (κ1) is 19.4. The Labute approximate surface area is 163 Å². The molecular formula is C22H23N3O3. The molecule has 1 heterocycles. The van der Waals surface area contributed by atoms with Gasteiger partial charge in [0.2, 0.25) is 5.91 Å². The Kier molecular flexibility index (Phi) is 5.89. The number of amides is 1. The van der Waals surface area contributed by atoms with Crippen molar-refractivity contribution in [2.75, 3.05) is 13.7 Å². The van der Waals surface area contributed by atoms with E-state index in [9.17, 15) is 9.59 Å². The van der Waals surface area contributed by atoms with Crippen LogP contribution in [0.1, 0.15) is 11.3 Å². The van der Waals surface area contributed by atoms with Crippen LogP contribution < -0.4 is 10.3 Å². The highest BCUT2D eigenvalue weighted by atomic mass is 16.5. The van der Waals surface area contributed by atoms with E-state index in [0.29, 0.717) is 29.6 Å². The van der Waals surface area contributed by atoms with E-state index in [4.69, 9.17) is 4.74 Å². The Morgan fingerprint density at radius 3 is 2.50 bits per heavy atom. The maximum Gasteiger partial charge on any atom is 0.274 e. The lowest BCUT2D eigenvalue weighted by atomic mass is 10.1. The number of rotatable bonds is 7. The first-order valence-corrected chi connectivity index (χ1v) is 9.00. The summed E-state index contributed by atoms with van der Waals surface area (Å²) in [7, 11) is 3.22. The molecule has 2 aromatic carbocycles. The predicted molar refractivity (Wildman–Crippen MR) is 109 cm³/mol. The average molecular weight is 377 g/mol. The summed E-state index contributed by atoms with van der Waals surface area (Å²) in [5.41, 5.74) is 1.41. The van der Waals surface area contributed by atoms with Crippen LogP contribution >= 0.6 is 0 Å². The van der Waals surface area contributed by atoms with Gasteiger partial charge in [-0.1, -0.05) is 36.4 Å². The lowest BCUT2D eigenvalue weighted by molar-refractivity contribution is -0.130. The fraction of sp³-hybridized carbons (Fsp3) is 0.227. The van der Waals surface area contributed by atoms with Crippen molar-refractivity contribution in [3.63, 3.8) is 0 Å². The van der Waals surface area contributed by atoms with Crippen molar-refractivity contribution in [2.45, 2.75) is 13.0 Å². The normalized spacial score (nSPS) is 10.6. The molecule has 0 atom stereocenters. The summed E-state index contributed by atoms with van der Waals surface area (Å²) >= 11 is 0. The van der Waals surface area contributed by atoms with Crippen molar-refractivity contribution in [3.8, 4) is 5.75 Å². The molecule has 6 nitrogen and oxygen atoms in total. The molecule has 0 aliphatic rings. The molecule has 0 fully saturated rings. The molecule has 0 spiro atoms. The third-order valence-electron chi connectivity index (χ3n) is 4.59. The minimum atomic E-state index is -0.173. The van der Waals surface area contributed by atoms with Crippen LogP contribution in [0.25, 0.3) is 10.8 Å². The monoisotopic (exact) mass is 377 g/mol. The van der Waals surface area contributed by atoms with Crippen LogP contribution in [0.15, 0.2) is 66.0 Å². The van der Waals surface area contributed by atoms with Gasteiger partial charge >= 0.3 is 0 Å². The number of hydrogen-bond donors (Lipinski definition) is 0. The number of benzene rings is 2. The van der Waals surface area contributed by atoms with E-state index in [2.05, 4.69) is 11.7 Å². The fourth-order valence-corrected chi connectivity index (χ4v) is 3.12. The largest absolute Gasteiger partial charge is 0.497 e. The standard InChI is InChI=1S/C22H23N3O3/c1-4-13-25(15-16-9-11-17(28-3)12-10-16)21(26)14-20-18-7-5-6-8-19(18)22(27)24(2)23-20/h4-12H,1,13-15H2,2-3H3. The average Bonchev–Trinajstić information content (AvgIpc) is 2.72. The molecule has 0 bridgehead atoms. The zero-order valence-electron chi connectivity index (χ0n) is 16.1. The molecule has 144 valence electrons. The van der Waals surface area contributed by atoms with Gasteiger partial charge in [0, 0.05) is 25.5 Å². The molecule has 3 aromatic rings. The number of aryl methyl sites for hydroxylation is 1. The SMILES string of the molecule is C=CCN(Cc1ccc(OC)cc1)C(=O)Cc1nn(C)c(=O)c2ccccc12. The van der Waals surface area contributed by atoms with Crippen molar-refractivity contribution >= 4 is 16.7 Å². The Morgan fingerprint density at radius 1 is 1.18 bits per heavy atom. The molecule has 0 aliphatic carbocycles. The number of methoxy groups -OCH3 is 1. The highest BCUT2D eigenvalue weighted by Crippen LogP contribution is 2.16. The molecule has 3 rings (SSSR count). The van der Waals surface area contributed by atoms with Gasteiger partial charge in [0.05, 0.1) is 24.6 Å². The third-order valence-corrected chi connectivity index (χ3v) is 4.59. The van der Waals surface area contributed by atoms with Crippen LogP contribution in [0.4, 0.5) is 0 Å². The second kappa shape index (κ2) is 8.52. The molecule has 0 unspecified atom stereocenters. The maximum atomic E-state index is 13.0. The van der Waals surface area contributed by atoms with Crippen molar-refractivity contribution in [1.29, 1.82) is 0 Å². The number of ether oxygens (including phenoxy) is 1. The van der Waals surface area contributed by atoms with E-state index in [1.54, 1.807) is 31.2 Å². The molecule has 0 N–H and O–H groups in total. The zero-order valence-corrected chi connectivity index (χ0v) is 16.1. The summed E-state index contributed by atoms with van der Waals surface area (Å²) in [4.78, 5) is 27.0. The first-order valence-electron chi connectivity index (χ1n) is 9.00. The van der Waals surface area contributed by atoms with Crippen LogP contribution in [0.5, 0.6) is 5.75 Å². The Bertz CT molecular complexity index is 1050. The minimum Gasteiger partial charge on any atom is -0.497 e. The highest BCUT2D eigenvalue weighted by molar-refractivity contribution is 5.88. The van der Waals surface area contributed by atoms with E-state index in [0.717, 1.165) is 11.3 Å². The second-order valence-corrected chi connectivity index (χ2v) is 6.51. The van der Waals surface area contributed by atoms with Gasteiger partial charge in [0.25, 0.3) is 5.56 Å². The predicted octanol–water partition coefficient (Wildman–Crippen LogP) is 2.70. The summed E-state index contributed by atoms with van der Waals surface area (Å²) < 4.78 is 6.46. The number of aromatic nitrogens is 2. The molecule has 28 heavy (non-hydrogen) atoms. The zero-order chi connectivity index (χ0) is 20.1. The Morgan fingerprint density at radius 2 is 1.86 bits per heavy atom. The molecule has 0 aliphatic heterocycles. The first-order chi connectivity index (χ1) is 13.5. The van der Waals surface area contributed by atoms with Crippen LogP contribution in [0, 0.1) is 0 Å². The van der Waals surface area contributed by atoms with Gasteiger partial charge in [0.1, 0.15) is 5.75 Å². The quantitative estimate of drug-likeness (QED) is 0.594. The van der Waals surface area contributed by atoms with Crippen molar-refractivity contribution in [1.82, 2.24) is 14.7 Å². The molecule has 0 saturated carbocycles. The summed E-state index contributed by atoms with van der Waals surface area (Å²) in [6.45, 7) is 4.64. The lowest BCUT2D eigenvalue weighted by Gasteiger charge is -2.22. The summed E-state index contributed by atoms with van der Waals surface area (Å²) in [5.74, 6) is 0.693. The number of nitrogens with zero attached hydrogens (tertiary/aromatic N) is 3. The van der Waals surface area contributed by atoms with Gasteiger partial charge in [-0.25, -0.2) is 4.68 Å². The fourth-order valence-electron chi connectivity index (χ4n) is 3.12. The number of carbonyl (C=O) groups excluding carboxylic acids is 1. The van der Waals surface area contributed by atoms with Gasteiger partial charge in [-0.15, -0.1) is 6.58 Å². The van der Waals surface area contributed by atoms with E-state index in [1.807, 2.05) is 42.5 Å². The molecule has 6 heteroatoms. The Hall–Kier alpha value is -3.41. The van der Waals surface area contributed by atoms with Crippen LogP contribution in [0.2, 0.25) is 0 Å². The molecule has 0 radical (unpaired) electrons. The topological polar surface area (TPSA) is 64.4 Å². The number of fused-ring (bicyclic) bond motifs is 1. The minimum absolute atomic E-state index is 0.0768. The van der Waals surface area contributed by atoms with Crippen molar-refractivity contribution in [2.24, 2.45) is 7.05 Å². The number of hydrogen-bond acceptors (Lipinski definition) is 4.